The number of hydrogen-bond donors (Lipinski definition) is 2. The molecule has 2 N–H and O–H groups in total. The Morgan fingerprint density at radius 3 is 2.52 bits per heavy atom. The maximum Gasteiger partial charge on any atom is 0.344 e. The fraction of sp³-hybridized carbons (Fsp3) is 0.550. The Hall–Kier alpha value is -2.57. The molecule has 2 atom stereocenters. The van der Waals surface area contributed by atoms with Crippen LogP contribution in [0, 0.1) is 19.8 Å². The first-order valence-electron chi connectivity index (χ1n) is 9.31. The highest BCUT2D eigenvalue weighted by atomic mass is 16.6. The van der Waals surface area contributed by atoms with E-state index in [1.165, 1.54) is 6.42 Å². The van der Waals surface area contributed by atoms with E-state index in [-0.39, 0.29) is 12.6 Å². The molecule has 3 amide bonds. The van der Waals surface area contributed by atoms with E-state index in [4.69, 9.17) is 9.47 Å². The molecule has 2 rings (SSSR count). The molecule has 1 aromatic carbocycles. The van der Waals surface area contributed by atoms with Gasteiger partial charge >= 0.3 is 12.0 Å². The second-order valence-corrected chi connectivity index (χ2v) is 7.09. The number of esters is 1. The number of carbonyl (C=O) groups is 3. The zero-order chi connectivity index (χ0) is 19.8. The van der Waals surface area contributed by atoms with Crippen LogP contribution in [0.4, 0.5) is 4.79 Å². The molecule has 7 heteroatoms. The van der Waals surface area contributed by atoms with E-state index >= 15 is 0 Å². The molecule has 1 aliphatic rings. The van der Waals surface area contributed by atoms with E-state index < -0.39 is 24.5 Å². The van der Waals surface area contributed by atoms with Crippen molar-refractivity contribution >= 4 is 17.9 Å². The highest BCUT2D eigenvalue weighted by Gasteiger charge is 2.23. The Morgan fingerprint density at radius 1 is 1.07 bits per heavy atom. The number of hydrogen-bond acceptors (Lipinski definition) is 5. The molecular formula is C20H28N2O5. The first-order valence-corrected chi connectivity index (χ1v) is 9.31. The Bertz CT molecular complexity index is 689. The number of amides is 3. The molecule has 0 saturated heterocycles. The summed E-state index contributed by atoms with van der Waals surface area (Å²) in [4.78, 5) is 35.3. The lowest BCUT2D eigenvalue weighted by Gasteiger charge is -2.29. The predicted molar refractivity (Wildman–Crippen MR) is 100 cm³/mol. The van der Waals surface area contributed by atoms with Crippen LogP contribution in [0.1, 0.15) is 43.7 Å². The molecule has 148 valence electrons. The number of aryl methyl sites for hydroxylation is 2. The van der Waals surface area contributed by atoms with Gasteiger partial charge in [-0.3, -0.25) is 10.1 Å². The minimum atomic E-state index is -0.676. The number of benzene rings is 1. The summed E-state index contributed by atoms with van der Waals surface area (Å²) in [5.74, 6) is -0.402. The largest absolute Gasteiger partial charge is 0.482 e. The summed E-state index contributed by atoms with van der Waals surface area (Å²) in [5, 5.41) is 4.99. The first kappa shape index (κ1) is 20.7. The zero-order valence-electron chi connectivity index (χ0n) is 16.2. The molecule has 1 fully saturated rings. The van der Waals surface area contributed by atoms with E-state index in [9.17, 15) is 14.4 Å². The molecule has 27 heavy (non-hydrogen) atoms. The topological polar surface area (TPSA) is 93.7 Å². The van der Waals surface area contributed by atoms with Crippen LogP contribution < -0.4 is 15.4 Å². The maximum atomic E-state index is 11.9. The summed E-state index contributed by atoms with van der Waals surface area (Å²) in [6, 6.07) is 5.00. The van der Waals surface area contributed by atoms with Gasteiger partial charge in [-0.25, -0.2) is 9.59 Å². The van der Waals surface area contributed by atoms with Crippen LogP contribution in [0.2, 0.25) is 0 Å². The molecule has 1 saturated carbocycles. The zero-order valence-corrected chi connectivity index (χ0v) is 16.2. The summed E-state index contributed by atoms with van der Waals surface area (Å²) in [6.45, 7) is 5.19. The van der Waals surface area contributed by atoms with Crippen LogP contribution in [0.25, 0.3) is 0 Å². The fourth-order valence-corrected chi connectivity index (χ4v) is 3.03. The van der Waals surface area contributed by atoms with Gasteiger partial charge in [0, 0.05) is 6.04 Å². The van der Waals surface area contributed by atoms with Crippen LogP contribution in [0.3, 0.4) is 0 Å². The first-order chi connectivity index (χ1) is 12.8. The lowest BCUT2D eigenvalue weighted by Crippen LogP contribution is -2.48. The van der Waals surface area contributed by atoms with Crippen LogP contribution >= 0.6 is 0 Å². The van der Waals surface area contributed by atoms with Gasteiger partial charge in [0.05, 0.1) is 0 Å². The van der Waals surface area contributed by atoms with Crippen molar-refractivity contribution in [2.24, 2.45) is 5.92 Å². The number of ether oxygens (including phenoxy) is 2. The summed E-state index contributed by atoms with van der Waals surface area (Å²) in [6.07, 6.45) is 4.21. The highest BCUT2D eigenvalue weighted by molar-refractivity contribution is 5.95. The normalized spacial score (nSPS) is 19.1. The van der Waals surface area contributed by atoms with Gasteiger partial charge in [-0.1, -0.05) is 25.8 Å². The van der Waals surface area contributed by atoms with Gasteiger partial charge in [0.2, 0.25) is 0 Å². The SMILES string of the molecule is Cc1ccc(OCC(=O)OCC(=O)NC(=O)N[C@@H]2CCCC[C@@H]2C)cc1C. The van der Waals surface area contributed by atoms with E-state index in [0.29, 0.717) is 11.7 Å². The molecule has 1 aromatic rings. The molecule has 0 radical (unpaired) electrons. The van der Waals surface area contributed by atoms with Crippen molar-refractivity contribution in [3.63, 3.8) is 0 Å². The summed E-state index contributed by atoms with van der Waals surface area (Å²) < 4.78 is 10.2. The molecule has 0 aromatic heterocycles. The lowest BCUT2D eigenvalue weighted by molar-refractivity contribution is -0.150. The number of carbonyl (C=O) groups excluding carboxylic acids is 3. The highest BCUT2D eigenvalue weighted by Crippen LogP contribution is 2.23. The molecule has 7 nitrogen and oxygen atoms in total. The second kappa shape index (κ2) is 9.94. The van der Waals surface area contributed by atoms with E-state index in [1.54, 1.807) is 6.07 Å². The molecule has 1 aliphatic carbocycles. The predicted octanol–water partition coefficient (Wildman–Crippen LogP) is 2.63. The monoisotopic (exact) mass is 376 g/mol. The molecule has 0 unspecified atom stereocenters. The van der Waals surface area contributed by atoms with Gasteiger partial charge < -0.3 is 14.8 Å². The van der Waals surface area contributed by atoms with Crippen molar-refractivity contribution < 1.29 is 23.9 Å². The third-order valence-corrected chi connectivity index (χ3v) is 4.88. The van der Waals surface area contributed by atoms with Gasteiger partial charge in [-0.2, -0.15) is 0 Å². The van der Waals surface area contributed by atoms with Crippen molar-refractivity contribution in [3.05, 3.63) is 29.3 Å². The summed E-state index contributed by atoms with van der Waals surface area (Å²) >= 11 is 0. The maximum absolute atomic E-state index is 11.9. The number of imide groups is 1. The molecule has 0 aliphatic heterocycles. The molecular weight excluding hydrogens is 348 g/mol. The Balaban J connectivity index is 1.65. The van der Waals surface area contributed by atoms with Crippen molar-refractivity contribution in [3.8, 4) is 5.75 Å². The van der Waals surface area contributed by atoms with Crippen molar-refractivity contribution in [2.45, 2.75) is 52.5 Å². The van der Waals surface area contributed by atoms with Crippen LogP contribution in [0.15, 0.2) is 18.2 Å². The minimum absolute atomic E-state index is 0.0699. The van der Waals surface area contributed by atoms with Gasteiger partial charge in [0.15, 0.2) is 13.2 Å². The molecule has 0 spiro atoms. The van der Waals surface area contributed by atoms with Crippen LogP contribution in [-0.2, 0) is 14.3 Å². The van der Waals surface area contributed by atoms with Crippen molar-refractivity contribution in [1.29, 1.82) is 0 Å². The third kappa shape index (κ3) is 6.92. The molecule has 0 heterocycles. The van der Waals surface area contributed by atoms with Crippen molar-refractivity contribution in [1.82, 2.24) is 10.6 Å². The molecule has 0 bridgehead atoms. The van der Waals surface area contributed by atoms with Gasteiger partial charge in [-0.15, -0.1) is 0 Å². The summed E-state index contributed by atoms with van der Waals surface area (Å²) in [5.41, 5.74) is 2.18. The standard InChI is InChI=1S/C20H28N2O5/c1-13-8-9-16(10-15(13)3)26-12-19(24)27-11-18(23)22-20(25)21-17-7-5-4-6-14(17)2/h8-10,14,17H,4-7,11-12H2,1-3H3,(H2,21,22,23,25)/t14-,17+/m0/s1. The lowest BCUT2D eigenvalue weighted by atomic mass is 9.86. The quantitative estimate of drug-likeness (QED) is 0.745. The van der Waals surface area contributed by atoms with Gasteiger partial charge in [0.1, 0.15) is 5.75 Å². The minimum Gasteiger partial charge on any atom is -0.482 e. The second-order valence-electron chi connectivity index (χ2n) is 7.09. The Labute approximate surface area is 159 Å². The Kier molecular flexibility index (Phi) is 7.64. The number of rotatable bonds is 6. The Morgan fingerprint density at radius 2 is 1.81 bits per heavy atom. The fourth-order valence-electron chi connectivity index (χ4n) is 3.03. The van der Waals surface area contributed by atoms with E-state index in [2.05, 4.69) is 17.6 Å². The third-order valence-electron chi connectivity index (χ3n) is 4.88. The van der Waals surface area contributed by atoms with Crippen LogP contribution in [0.5, 0.6) is 5.75 Å². The number of nitrogens with one attached hydrogen (secondary N) is 2. The van der Waals surface area contributed by atoms with E-state index in [0.717, 1.165) is 30.4 Å². The smallest absolute Gasteiger partial charge is 0.344 e. The van der Waals surface area contributed by atoms with Crippen LogP contribution in [-0.4, -0.2) is 37.2 Å². The van der Waals surface area contributed by atoms with Gasteiger partial charge in [0.25, 0.3) is 5.91 Å². The average molecular weight is 376 g/mol. The van der Waals surface area contributed by atoms with Crippen molar-refractivity contribution in [2.75, 3.05) is 13.2 Å². The summed E-state index contributed by atoms with van der Waals surface area (Å²) in [7, 11) is 0. The average Bonchev–Trinajstić information content (AvgIpc) is 2.63. The van der Waals surface area contributed by atoms with Gasteiger partial charge in [-0.05, 0) is 55.9 Å². The number of urea groups is 1. The van der Waals surface area contributed by atoms with E-state index in [1.807, 2.05) is 26.0 Å².